The van der Waals surface area contributed by atoms with E-state index in [2.05, 4.69) is 4.98 Å². The minimum absolute atomic E-state index is 0.0830. The van der Waals surface area contributed by atoms with Crippen LogP contribution in [0, 0.1) is 6.92 Å². The van der Waals surface area contributed by atoms with Crippen LogP contribution in [0.3, 0.4) is 0 Å². The first-order chi connectivity index (χ1) is 11.6. The van der Waals surface area contributed by atoms with E-state index in [0.717, 1.165) is 16.7 Å². The van der Waals surface area contributed by atoms with Crippen molar-refractivity contribution in [3.63, 3.8) is 0 Å². The van der Waals surface area contributed by atoms with Gasteiger partial charge in [0.2, 0.25) is 0 Å². The number of carboxylic acids is 1. The van der Waals surface area contributed by atoms with Gasteiger partial charge in [-0.05, 0) is 42.8 Å². The minimum atomic E-state index is -1.00. The molecule has 0 aliphatic rings. The SMILES string of the molecule is COc1ccc(OCc2nc3ccccc3c(C)c2C(=O)O)cc1. The van der Waals surface area contributed by atoms with Crippen LogP contribution in [0.5, 0.6) is 11.5 Å². The van der Waals surface area contributed by atoms with E-state index in [9.17, 15) is 9.90 Å². The van der Waals surface area contributed by atoms with Crippen molar-refractivity contribution in [1.82, 2.24) is 4.98 Å². The number of carbonyl (C=O) groups is 1. The highest BCUT2D eigenvalue weighted by molar-refractivity contribution is 5.97. The fourth-order valence-electron chi connectivity index (χ4n) is 2.65. The third-order valence-corrected chi connectivity index (χ3v) is 3.88. The molecule has 1 aromatic heterocycles. The molecule has 3 rings (SSSR count). The molecule has 0 bridgehead atoms. The van der Waals surface area contributed by atoms with Gasteiger partial charge in [-0.3, -0.25) is 0 Å². The van der Waals surface area contributed by atoms with Crippen molar-refractivity contribution >= 4 is 16.9 Å². The smallest absolute Gasteiger partial charge is 0.337 e. The summed E-state index contributed by atoms with van der Waals surface area (Å²) in [5.41, 5.74) is 2.06. The third-order valence-electron chi connectivity index (χ3n) is 3.88. The van der Waals surface area contributed by atoms with Gasteiger partial charge in [0.05, 0.1) is 23.9 Å². The van der Waals surface area contributed by atoms with Crippen molar-refractivity contribution in [3.05, 3.63) is 65.4 Å². The average Bonchev–Trinajstić information content (AvgIpc) is 2.60. The second-order valence-electron chi connectivity index (χ2n) is 5.35. The number of nitrogens with zero attached hydrogens (tertiary/aromatic N) is 1. The number of aromatic carboxylic acids is 1. The van der Waals surface area contributed by atoms with Crippen LogP contribution in [0.4, 0.5) is 0 Å². The van der Waals surface area contributed by atoms with E-state index in [1.807, 2.05) is 24.3 Å². The Kier molecular flexibility index (Phi) is 4.33. The molecule has 5 heteroatoms. The molecule has 0 radical (unpaired) electrons. The molecule has 0 atom stereocenters. The largest absolute Gasteiger partial charge is 0.497 e. The van der Waals surface area contributed by atoms with Crippen molar-refractivity contribution in [2.24, 2.45) is 0 Å². The maximum atomic E-state index is 11.7. The Labute approximate surface area is 139 Å². The molecule has 2 aromatic carbocycles. The van der Waals surface area contributed by atoms with Crippen LogP contribution in [0.15, 0.2) is 48.5 Å². The number of carboxylic acid groups (broad SMARTS) is 1. The van der Waals surface area contributed by atoms with E-state index < -0.39 is 5.97 Å². The van der Waals surface area contributed by atoms with Crippen LogP contribution < -0.4 is 9.47 Å². The number of fused-ring (bicyclic) bond motifs is 1. The third kappa shape index (κ3) is 3.01. The van der Waals surface area contributed by atoms with Gasteiger partial charge < -0.3 is 14.6 Å². The highest BCUT2D eigenvalue weighted by Gasteiger charge is 2.18. The first kappa shape index (κ1) is 15.8. The molecule has 0 saturated carbocycles. The number of aromatic nitrogens is 1. The Balaban J connectivity index is 1.95. The zero-order valence-corrected chi connectivity index (χ0v) is 13.4. The van der Waals surface area contributed by atoms with Crippen LogP contribution in [0.2, 0.25) is 0 Å². The molecular formula is C19H17NO4. The summed E-state index contributed by atoms with van der Waals surface area (Å²) in [6.07, 6.45) is 0. The summed E-state index contributed by atoms with van der Waals surface area (Å²) in [6.45, 7) is 1.88. The Bertz CT molecular complexity index is 888. The predicted octanol–water partition coefficient (Wildman–Crippen LogP) is 3.83. The summed E-state index contributed by atoms with van der Waals surface area (Å²) < 4.78 is 10.8. The lowest BCUT2D eigenvalue weighted by Gasteiger charge is -2.13. The molecule has 0 spiro atoms. The van der Waals surface area contributed by atoms with Gasteiger partial charge >= 0.3 is 5.97 Å². The van der Waals surface area contributed by atoms with E-state index in [1.54, 1.807) is 38.3 Å². The van der Waals surface area contributed by atoms with Crippen molar-refractivity contribution in [3.8, 4) is 11.5 Å². The van der Waals surface area contributed by atoms with E-state index in [0.29, 0.717) is 17.0 Å². The molecule has 0 aliphatic heterocycles. The van der Waals surface area contributed by atoms with Gasteiger partial charge in [0.1, 0.15) is 18.1 Å². The quantitative estimate of drug-likeness (QED) is 0.773. The molecule has 1 N–H and O–H groups in total. The fourth-order valence-corrected chi connectivity index (χ4v) is 2.65. The molecule has 3 aromatic rings. The predicted molar refractivity (Wildman–Crippen MR) is 90.8 cm³/mol. The first-order valence-corrected chi connectivity index (χ1v) is 7.48. The molecular weight excluding hydrogens is 306 g/mol. The number of benzene rings is 2. The first-order valence-electron chi connectivity index (χ1n) is 7.48. The van der Waals surface area contributed by atoms with E-state index in [-0.39, 0.29) is 12.2 Å². The number of aryl methyl sites for hydroxylation is 1. The maximum absolute atomic E-state index is 11.7. The number of hydrogen-bond donors (Lipinski definition) is 1. The topological polar surface area (TPSA) is 68.7 Å². The molecule has 0 fully saturated rings. The van der Waals surface area contributed by atoms with Gasteiger partial charge in [0.15, 0.2) is 0 Å². The van der Waals surface area contributed by atoms with Gasteiger partial charge in [0.25, 0.3) is 0 Å². The van der Waals surface area contributed by atoms with Crippen LogP contribution in [-0.2, 0) is 6.61 Å². The lowest BCUT2D eigenvalue weighted by molar-refractivity contribution is 0.0692. The van der Waals surface area contributed by atoms with Crippen molar-refractivity contribution in [2.45, 2.75) is 13.5 Å². The number of pyridine rings is 1. The normalized spacial score (nSPS) is 10.6. The monoisotopic (exact) mass is 323 g/mol. The average molecular weight is 323 g/mol. The van der Waals surface area contributed by atoms with Crippen molar-refractivity contribution < 1.29 is 19.4 Å². The van der Waals surface area contributed by atoms with E-state index in [4.69, 9.17) is 9.47 Å². The number of ether oxygens (including phenoxy) is 2. The molecule has 0 aliphatic carbocycles. The standard InChI is InChI=1S/C19H17NO4/c1-12-15-5-3-4-6-16(15)20-17(18(12)19(21)22)11-24-14-9-7-13(23-2)8-10-14/h3-10H,11H2,1-2H3,(H,21,22). The lowest BCUT2D eigenvalue weighted by Crippen LogP contribution is -2.11. The van der Waals surface area contributed by atoms with E-state index >= 15 is 0 Å². The summed E-state index contributed by atoms with van der Waals surface area (Å²) >= 11 is 0. The number of hydrogen-bond acceptors (Lipinski definition) is 4. The number of rotatable bonds is 5. The molecule has 1 heterocycles. The van der Waals surface area contributed by atoms with E-state index in [1.165, 1.54) is 0 Å². The Hall–Kier alpha value is -3.08. The summed E-state index contributed by atoms with van der Waals surface area (Å²) in [6, 6.07) is 14.6. The highest BCUT2D eigenvalue weighted by Crippen LogP contribution is 2.24. The summed E-state index contributed by atoms with van der Waals surface area (Å²) in [5, 5.41) is 10.4. The molecule has 0 amide bonds. The summed E-state index contributed by atoms with van der Waals surface area (Å²) in [4.78, 5) is 16.1. The van der Waals surface area contributed by atoms with Gasteiger partial charge in [0, 0.05) is 5.39 Å². The Morgan fingerprint density at radius 1 is 1.08 bits per heavy atom. The van der Waals surface area contributed by atoms with Crippen LogP contribution >= 0.6 is 0 Å². The van der Waals surface area contributed by atoms with Gasteiger partial charge in [-0.1, -0.05) is 18.2 Å². The Morgan fingerprint density at radius 2 is 1.75 bits per heavy atom. The molecule has 122 valence electrons. The summed E-state index contributed by atoms with van der Waals surface area (Å²) in [7, 11) is 1.59. The molecule has 24 heavy (non-hydrogen) atoms. The second-order valence-corrected chi connectivity index (χ2v) is 5.35. The maximum Gasteiger partial charge on any atom is 0.337 e. The molecule has 5 nitrogen and oxygen atoms in total. The van der Waals surface area contributed by atoms with Crippen LogP contribution in [-0.4, -0.2) is 23.2 Å². The zero-order valence-electron chi connectivity index (χ0n) is 13.4. The fraction of sp³-hybridized carbons (Fsp3) is 0.158. The highest BCUT2D eigenvalue weighted by atomic mass is 16.5. The second kappa shape index (κ2) is 6.58. The Morgan fingerprint density at radius 3 is 2.42 bits per heavy atom. The molecule has 0 unspecified atom stereocenters. The zero-order chi connectivity index (χ0) is 17.1. The van der Waals surface area contributed by atoms with Crippen LogP contribution in [0.25, 0.3) is 10.9 Å². The number of para-hydroxylation sites is 1. The van der Waals surface area contributed by atoms with Crippen molar-refractivity contribution in [2.75, 3.05) is 7.11 Å². The molecule has 0 saturated heterocycles. The minimum Gasteiger partial charge on any atom is -0.497 e. The number of methoxy groups -OCH3 is 1. The van der Waals surface area contributed by atoms with Crippen molar-refractivity contribution in [1.29, 1.82) is 0 Å². The van der Waals surface area contributed by atoms with Gasteiger partial charge in [-0.2, -0.15) is 0 Å². The van der Waals surface area contributed by atoms with Crippen LogP contribution in [0.1, 0.15) is 21.6 Å². The van der Waals surface area contributed by atoms with Gasteiger partial charge in [-0.15, -0.1) is 0 Å². The lowest BCUT2D eigenvalue weighted by atomic mass is 10.0. The summed E-state index contributed by atoms with van der Waals surface area (Å²) in [5.74, 6) is 0.354. The van der Waals surface area contributed by atoms with Gasteiger partial charge in [-0.25, -0.2) is 9.78 Å².